The lowest BCUT2D eigenvalue weighted by Gasteiger charge is -2.25. The van der Waals surface area contributed by atoms with Gasteiger partial charge in [0.15, 0.2) is 0 Å². The third-order valence-corrected chi connectivity index (χ3v) is 3.56. The number of pyridine rings is 1. The summed E-state index contributed by atoms with van der Waals surface area (Å²) in [5, 5.41) is 9.43. The first-order valence-electron chi connectivity index (χ1n) is 6.81. The SMILES string of the molecule is CC(O)CC1CCCN1C(=O)c1ccc(C(F)(F)F)cn1. The summed E-state index contributed by atoms with van der Waals surface area (Å²) in [6, 6.07) is 1.88. The average Bonchev–Trinajstić information content (AvgIpc) is 2.84. The van der Waals surface area contributed by atoms with Crippen LogP contribution in [-0.2, 0) is 6.18 Å². The van der Waals surface area contributed by atoms with Crippen LogP contribution in [0, 0.1) is 0 Å². The van der Waals surface area contributed by atoms with Crippen molar-refractivity contribution in [1.29, 1.82) is 0 Å². The van der Waals surface area contributed by atoms with Crippen molar-refractivity contribution in [2.75, 3.05) is 6.54 Å². The first-order chi connectivity index (χ1) is 9.79. The second-order valence-electron chi connectivity index (χ2n) is 5.31. The van der Waals surface area contributed by atoms with Crippen LogP contribution in [0.25, 0.3) is 0 Å². The van der Waals surface area contributed by atoms with Crippen LogP contribution in [0.5, 0.6) is 0 Å². The van der Waals surface area contributed by atoms with E-state index in [4.69, 9.17) is 0 Å². The van der Waals surface area contributed by atoms with E-state index < -0.39 is 17.8 Å². The topological polar surface area (TPSA) is 53.4 Å². The van der Waals surface area contributed by atoms with E-state index in [-0.39, 0.29) is 17.6 Å². The highest BCUT2D eigenvalue weighted by Gasteiger charge is 2.33. The third kappa shape index (κ3) is 3.72. The number of aromatic nitrogens is 1. The van der Waals surface area contributed by atoms with Crippen LogP contribution >= 0.6 is 0 Å². The molecule has 0 aliphatic carbocycles. The zero-order chi connectivity index (χ0) is 15.6. The smallest absolute Gasteiger partial charge is 0.393 e. The van der Waals surface area contributed by atoms with Crippen LogP contribution in [0.15, 0.2) is 18.3 Å². The summed E-state index contributed by atoms with van der Waals surface area (Å²) in [7, 11) is 0. The molecule has 1 aliphatic heterocycles. The van der Waals surface area contributed by atoms with Gasteiger partial charge in [-0.05, 0) is 38.3 Å². The zero-order valence-electron chi connectivity index (χ0n) is 11.6. The van der Waals surface area contributed by atoms with Gasteiger partial charge in [-0.2, -0.15) is 13.2 Å². The van der Waals surface area contributed by atoms with Crippen LogP contribution in [0.4, 0.5) is 13.2 Å². The molecule has 2 atom stereocenters. The average molecular weight is 302 g/mol. The van der Waals surface area contributed by atoms with E-state index in [1.54, 1.807) is 11.8 Å². The minimum Gasteiger partial charge on any atom is -0.393 e. The summed E-state index contributed by atoms with van der Waals surface area (Å²) in [6.45, 7) is 2.19. The summed E-state index contributed by atoms with van der Waals surface area (Å²) in [5.74, 6) is -0.383. The Kier molecular flexibility index (Phi) is 4.51. The quantitative estimate of drug-likeness (QED) is 0.933. The van der Waals surface area contributed by atoms with Gasteiger partial charge in [-0.15, -0.1) is 0 Å². The second kappa shape index (κ2) is 6.01. The molecule has 1 aromatic heterocycles. The number of carbonyl (C=O) groups is 1. The Morgan fingerprint density at radius 3 is 2.76 bits per heavy atom. The molecule has 7 heteroatoms. The monoisotopic (exact) mass is 302 g/mol. The van der Waals surface area contributed by atoms with E-state index in [0.29, 0.717) is 19.2 Å². The fourth-order valence-electron chi connectivity index (χ4n) is 2.58. The van der Waals surface area contributed by atoms with Crippen molar-refractivity contribution in [2.24, 2.45) is 0 Å². The number of rotatable bonds is 3. The lowest BCUT2D eigenvalue weighted by Crippen LogP contribution is -2.37. The second-order valence-corrected chi connectivity index (χ2v) is 5.31. The standard InChI is InChI=1S/C14H17F3N2O2/c1-9(20)7-11-3-2-6-19(11)13(21)12-5-4-10(8-18-12)14(15,16)17/h4-5,8-9,11,20H,2-3,6-7H2,1H3. The fourth-order valence-corrected chi connectivity index (χ4v) is 2.58. The van der Waals surface area contributed by atoms with Gasteiger partial charge < -0.3 is 10.0 Å². The van der Waals surface area contributed by atoms with Crippen molar-refractivity contribution in [1.82, 2.24) is 9.88 Å². The number of halogens is 3. The molecule has 0 radical (unpaired) electrons. The highest BCUT2D eigenvalue weighted by atomic mass is 19.4. The molecule has 1 aromatic rings. The van der Waals surface area contributed by atoms with Crippen LogP contribution in [0.1, 0.15) is 42.2 Å². The Morgan fingerprint density at radius 2 is 2.24 bits per heavy atom. The van der Waals surface area contributed by atoms with Crippen LogP contribution in [0.3, 0.4) is 0 Å². The fraction of sp³-hybridized carbons (Fsp3) is 0.571. The molecule has 1 N–H and O–H groups in total. The molecule has 2 heterocycles. The number of likely N-dealkylation sites (tertiary alicyclic amines) is 1. The van der Waals surface area contributed by atoms with Crippen molar-refractivity contribution >= 4 is 5.91 Å². The van der Waals surface area contributed by atoms with E-state index in [1.165, 1.54) is 0 Å². The van der Waals surface area contributed by atoms with E-state index in [2.05, 4.69) is 4.98 Å². The number of aliphatic hydroxyl groups is 1. The molecule has 0 saturated carbocycles. The highest BCUT2D eigenvalue weighted by Crippen LogP contribution is 2.29. The molecule has 4 nitrogen and oxygen atoms in total. The maximum absolute atomic E-state index is 12.5. The Hall–Kier alpha value is -1.63. The number of carbonyl (C=O) groups excluding carboxylic acids is 1. The lowest BCUT2D eigenvalue weighted by molar-refractivity contribution is -0.137. The highest BCUT2D eigenvalue weighted by molar-refractivity contribution is 5.92. The molecular formula is C14H17F3N2O2. The number of aliphatic hydroxyl groups excluding tert-OH is 1. The van der Waals surface area contributed by atoms with Gasteiger partial charge in [-0.1, -0.05) is 0 Å². The summed E-state index contributed by atoms with van der Waals surface area (Å²) >= 11 is 0. The molecule has 1 aliphatic rings. The third-order valence-electron chi connectivity index (χ3n) is 3.56. The first kappa shape index (κ1) is 15.8. The normalized spacial score (nSPS) is 20.6. The number of nitrogens with zero attached hydrogens (tertiary/aromatic N) is 2. The van der Waals surface area contributed by atoms with Gasteiger partial charge in [-0.25, -0.2) is 0 Å². The Bertz CT molecular complexity index is 500. The van der Waals surface area contributed by atoms with Gasteiger partial charge in [0.05, 0.1) is 11.7 Å². The largest absolute Gasteiger partial charge is 0.417 e. The zero-order valence-corrected chi connectivity index (χ0v) is 11.6. The van der Waals surface area contributed by atoms with Gasteiger partial charge in [0.1, 0.15) is 5.69 Å². The molecular weight excluding hydrogens is 285 g/mol. The molecule has 1 amide bonds. The summed E-state index contributed by atoms with van der Waals surface area (Å²) in [4.78, 5) is 17.5. The van der Waals surface area contributed by atoms with Crippen molar-refractivity contribution in [3.63, 3.8) is 0 Å². The van der Waals surface area contributed by atoms with Gasteiger partial charge >= 0.3 is 6.18 Å². The van der Waals surface area contributed by atoms with Crippen molar-refractivity contribution in [3.8, 4) is 0 Å². The molecule has 1 saturated heterocycles. The molecule has 0 aromatic carbocycles. The van der Waals surface area contributed by atoms with E-state index in [9.17, 15) is 23.1 Å². The Morgan fingerprint density at radius 1 is 1.52 bits per heavy atom. The predicted molar refractivity (Wildman–Crippen MR) is 69.6 cm³/mol. The molecule has 116 valence electrons. The van der Waals surface area contributed by atoms with E-state index >= 15 is 0 Å². The van der Waals surface area contributed by atoms with E-state index in [1.807, 2.05) is 0 Å². The first-order valence-corrected chi connectivity index (χ1v) is 6.81. The molecule has 0 bridgehead atoms. The minimum atomic E-state index is -4.46. The molecule has 21 heavy (non-hydrogen) atoms. The van der Waals surface area contributed by atoms with E-state index in [0.717, 1.165) is 25.0 Å². The summed E-state index contributed by atoms with van der Waals surface area (Å²) in [5.41, 5.74) is -0.874. The van der Waals surface area contributed by atoms with Crippen LogP contribution in [0.2, 0.25) is 0 Å². The maximum atomic E-state index is 12.5. The Labute approximate surface area is 120 Å². The van der Waals surface area contributed by atoms with Crippen LogP contribution < -0.4 is 0 Å². The number of alkyl halides is 3. The van der Waals surface area contributed by atoms with Gasteiger partial charge in [0.25, 0.3) is 5.91 Å². The molecule has 1 fully saturated rings. The molecule has 2 unspecified atom stereocenters. The summed E-state index contributed by atoms with van der Waals surface area (Å²) < 4.78 is 37.4. The minimum absolute atomic E-state index is 0.000456. The van der Waals surface area contributed by atoms with Gasteiger partial charge in [0.2, 0.25) is 0 Å². The van der Waals surface area contributed by atoms with Gasteiger partial charge in [0, 0.05) is 18.8 Å². The summed E-state index contributed by atoms with van der Waals surface area (Å²) in [6.07, 6.45) is -2.23. The maximum Gasteiger partial charge on any atom is 0.417 e. The number of amides is 1. The molecule has 2 rings (SSSR count). The van der Waals surface area contributed by atoms with Gasteiger partial charge in [-0.3, -0.25) is 9.78 Å². The van der Waals surface area contributed by atoms with Crippen molar-refractivity contribution in [3.05, 3.63) is 29.6 Å². The number of hydrogen-bond acceptors (Lipinski definition) is 3. The lowest BCUT2D eigenvalue weighted by atomic mass is 10.1. The Balaban J connectivity index is 2.12. The van der Waals surface area contributed by atoms with Crippen LogP contribution in [-0.4, -0.2) is 39.6 Å². The predicted octanol–water partition coefficient (Wildman–Crippen LogP) is 2.48. The molecule has 0 spiro atoms. The number of hydrogen-bond donors (Lipinski definition) is 1. The van der Waals surface area contributed by atoms with Crippen molar-refractivity contribution < 1.29 is 23.1 Å². The van der Waals surface area contributed by atoms with Crippen molar-refractivity contribution in [2.45, 2.75) is 44.5 Å².